The van der Waals surface area contributed by atoms with Crippen molar-refractivity contribution in [3.05, 3.63) is 96.8 Å². The summed E-state index contributed by atoms with van der Waals surface area (Å²) in [5.74, 6) is -0.361. The first-order valence-corrected chi connectivity index (χ1v) is 10.4. The molecule has 0 aliphatic heterocycles. The van der Waals surface area contributed by atoms with Gasteiger partial charge in [0.15, 0.2) is 0 Å². The first kappa shape index (κ1) is 21.1. The molecule has 0 aromatic heterocycles. The van der Waals surface area contributed by atoms with Gasteiger partial charge in [-0.1, -0.05) is 24.8 Å². The molecule has 0 heterocycles. The fourth-order valence-electron chi connectivity index (χ4n) is 2.55. The van der Waals surface area contributed by atoms with Gasteiger partial charge in [0.1, 0.15) is 18.2 Å². The second kappa shape index (κ2) is 9.23. The van der Waals surface area contributed by atoms with E-state index in [1.54, 1.807) is 48.5 Å². The van der Waals surface area contributed by atoms with Crippen LogP contribution in [0.1, 0.15) is 10.4 Å². The van der Waals surface area contributed by atoms with Crippen LogP contribution in [-0.4, -0.2) is 20.9 Å². The Morgan fingerprint density at radius 1 is 0.967 bits per heavy atom. The molecule has 8 heteroatoms. The number of hydrogen-bond acceptors (Lipinski definition) is 4. The van der Waals surface area contributed by atoms with Gasteiger partial charge in [0.25, 0.3) is 15.9 Å². The highest BCUT2D eigenvalue weighted by molar-refractivity contribution is 7.92. The van der Waals surface area contributed by atoms with Crippen molar-refractivity contribution < 1.29 is 22.3 Å². The normalized spacial score (nSPS) is 10.8. The van der Waals surface area contributed by atoms with E-state index in [1.165, 1.54) is 6.07 Å². The smallest absolute Gasteiger partial charge is 0.261 e. The van der Waals surface area contributed by atoms with Gasteiger partial charge < -0.3 is 10.1 Å². The van der Waals surface area contributed by atoms with Crippen LogP contribution >= 0.6 is 0 Å². The molecule has 0 saturated heterocycles. The lowest BCUT2D eigenvalue weighted by molar-refractivity contribution is 0.102. The molecule has 3 rings (SSSR count). The molecule has 0 fully saturated rings. The van der Waals surface area contributed by atoms with Crippen molar-refractivity contribution in [2.24, 2.45) is 0 Å². The summed E-state index contributed by atoms with van der Waals surface area (Å²) in [6.07, 6.45) is 1.62. The van der Waals surface area contributed by atoms with Crippen LogP contribution in [0.5, 0.6) is 5.75 Å². The van der Waals surface area contributed by atoms with E-state index in [2.05, 4.69) is 16.6 Å². The lowest BCUT2D eigenvalue weighted by Gasteiger charge is -2.14. The van der Waals surface area contributed by atoms with Gasteiger partial charge in [0.2, 0.25) is 0 Å². The number of ether oxygens (including phenoxy) is 1. The standard InChI is InChI=1S/C22H19FN2O4S/c1-2-15-29-18-11-7-16(8-12-18)22(26)24-20-5-3-4-6-21(20)25-30(27,28)19-13-9-17(23)10-14-19/h2-14,25H,1,15H2,(H,24,26). The minimum Gasteiger partial charge on any atom is -0.490 e. The zero-order chi connectivity index (χ0) is 21.6. The number of rotatable bonds is 8. The topological polar surface area (TPSA) is 84.5 Å². The van der Waals surface area contributed by atoms with E-state index in [0.29, 0.717) is 17.9 Å². The summed E-state index contributed by atoms with van der Waals surface area (Å²) in [6, 6.07) is 17.3. The molecule has 3 aromatic carbocycles. The van der Waals surface area contributed by atoms with Crippen LogP contribution < -0.4 is 14.8 Å². The average Bonchev–Trinajstić information content (AvgIpc) is 2.74. The van der Waals surface area contributed by atoms with E-state index in [9.17, 15) is 17.6 Å². The SMILES string of the molecule is C=CCOc1ccc(C(=O)Nc2ccccc2NS(=O)(=O)c2ccc(F)cc2)cc1. The predicted octanol–water partition coefficient (Wildman–Crippen LogP) is 4.44. The maximum Gasteiger partial charge on any atom is 0.261 e. The molecule has 0 saturated carbocycles. The minimum absolute atomic E-state index is 0.0971. The van der Waals surface area contributed by atoms with Gasteiger partial charge in [0.05, 0.1) is 16.3 Å². The highest BCUT2D eigenvalue weighted by Crippen LogP contribution is 2.25. The predicted molar refractivity (Wildman–Crippen MR) is 114 cm³/mol. The van der Waals surface area contributed by atoms with E-state index in [-0.39, 0.29) is 16.3 Å². The molecule has 0 spiro atoms. The van der Waals surface area contributed by atoms with Crippen molar-refractivity contribution in [3.8, 4) is 5.75 Å². The first-order valence-electron chi connectivity index (χ1n) is 8.91. The van der Waals surface area contributed by atoms with Gasteiger partial charge in [-0.25, -0.2) is 12.8 Å². The summed E-state index contributed by atoms with van der Waals surface area (Å²) in [6.45, 7) is 3.92. The largest absolute Gasteiger partial charge is 0.490 e. The maximum absolute atomic E-state index is 13.1. The fourth-order valence-corrected chi connectivity index (χ4v) is 3.63. The van der Waals surface area contributed by atoms with Crippen molar-refractivity contribution in [1.29, 1.82) is 0 Å². The van der Waals surface area contributed by atoms with Crippen LogP contribution in [-0.2, 0) is 10.0 Å². The Bertz CT molecular complexity index is 1140. The van der Waals surface area contributed by atoms with E-state index >= 15 is 0 Å². The van der Waals surface area contributed by atoms with Crippen molar-refractivity contribution >= 4 is 27.3 Å². The molecule has 6 nitrogen and oxygen atoms in total. The number of carbonyl (C=O) groups excluding carboxylic acids is 1. The molecule has 2 N–H and O–H groups in total. The van der Waals surface area contributed by atoms with E-state index < -0.39 is 21.7 Å². The number of sulfonamides is 1. The molecule has 1 amide bonds. The number of halogens is 1. The molecule has 0 aliphatic carbocycles. The molecule has 154 valence electrons. The molecular weight excluding hydrogens is 407 g/mol. The van der Waals surface area contributed by atoms with E-state index in [1.807, 2.05) is 0 Å². The third-order valence-corrected chi connectivity index (χ3v) is 5.41. The molecule has 0 radical (unpaired) electrons. The molecule has 0 unspecified atom stereocenters. The summed E-state index contributed by atoms with van der Waals surface area (Å²) in [4.78, 5) is 12.5. The maximum atomic E-state index is 13.1. The molecular formula is C22H19FN2O4S. The minimum atomic E-state index is -3.96. The summed E-state index contributed by atoms with van der Waals surface area (Å²) in [5, 5.41) is 2.69. The Balaban J connectivity index is 1.77. The van der Waals surface area contributed by atoms with Crippen LogP contribution in [0, 0.1) is 5.82 Å². The average molecular weight is 426 g/mol. The summed E-state index contributed by atoms with van der Waals surface area (Å²) in [7, 11) is -3.96. The monoisotopic (exact) mass is 426 g/mol. The fraction of sp³-hybridized carbons (Fsp3) is 0.0455. The Hall–Kier alpha value is -3.65. The van der Waals surface area contributed by atoms with Crippen LogP contribution in [0.2, 0.25) is 0 Å². The first-order chi connectivity index (χ1) is 14.4. The third-order valence-electron chi connectivity index (χ3n) is 4.03. The van der Waals surface area contributed by atoms with Gasteiger partial charge in [0, 0.05) is 5.56 Å². The molecule has 30 heavy (non-hydrogen) atoms. The zero-order valence-corrected chi connectivity index (χ0v) is 16.7. The Morgan fingerprint density at radius 2 is 1.60 bits per heavy atom. The Morgan fingerprint density at radius 3 is 2.23 bits per heavy atom. The molecule has 0 atom stereocenters. The summed E-state index contributed by atoms with van der Waals surface area (Å²) in [5.41, 5.74) is 0.832. The lowest BCUT2D eigenvalue weighted by Crippen LogP contribution is -2.17. The van der Waals surface area contributed by atoms with Gasteiger partial charge in [-0.05, 0) is 60.7 Å². The molecule has 0 bridgehead atoms. The number of hydrogen-bond donors (Lipinski definition) is 2. The van der Waals surface area contributed by atoms with E-state index in [0.717, 1.165) is 24.3 Å². The lowest BCUT2D eigenvalue weighted by atomic mass is 10.2. The van der Waals surface area contributed by atoms with Crippen molar-refractivity contribution in [3.63, 3.8) is 0 Å². The Kier molecular flexibility index (Phi) is 6.48. The van der Waals surface area contributed by atoms with Crippen molar-refractivity contribution in [2.45, 2.75) is 4.90 Å². The number of para-hydroxylation sites is 2. The second-order valence-electron chi connectivity index (χ2n) is 6.18. The second-order valence-corrected chi connectivity index (χ2v) is 7.87. The van der Waals surface area contributed by atoms with Crippen LogP contribution in [0.15, 0.2) is 90.3 Å². The number of nitrogens with one attached hydrogen (secondary N) is 2. The van der Waals surface area contributed by atoms with Gasteiger partial charge in [-0.15, -0.1) is 0 Å². The number of carbonyl (C=O) groups is 1. The summed E-state index contributed by atoms with van der Waals surface area (Å²) < 4.78 is 46.0. The molecule has 3 aromatic rings. The summed E-state index contributed by atoms with van der Waals surface area (Å²) >= 11 is 0. The quantitative estimate of drug-likeness (QED) is 0.522. The number of amides is 1. The van der Waals surface area contributed by atoms with Gasteiger partial charge in [-0.2, -0.15) is 0 Å². The van der Waals surface area contributed by atoms with Crippen LogP contribution in [0.25, 0.3) is 0 Å². The van der Waals surface area contributed by atoms with E-state index in [4.69, 9.17) is 4.74 Å². The molecule has 0 aliphatic rings. The highest BCUT2D eigenvalue weighted by atomic mass is 32.2. The van der Waals surface area contributed by atoms with Crippen LogP contribution in [0.4, 0.5) is 15.8 Å². The van der Waals surface area contributed by atoms with Gasteiger partial charge >= 0.3 is 0 Å². The highest BCUT2D eigenvalue weighted by Gasteiger charge is 2.17. The third kappa shape index (κ3) is 5.24. The van der Waals surface area contributed by atoms with Crippen LogP contribution in [0.3, 0.4) is 0 Å². The Labute approximate surface area is 174 Å². The van der Waals surface area contributed by atoms with Gasteiger partial charge in [-0.3, -0.25) is 9.52 Å². The van der Waals surface area contributed by atoms with Crippen molar-refractivity contribution in [2.75, 3.05) is 16.6 Å². The van der Waals surface area contributed by atoms with Crippen molar-refractivity contribution in [1.82, 2.24) is 0 Å². The zero-order valence-electron chi connectivity index (χ0n) is 15.8. The number of benzene rings is 3. The number of anilines is 2.